The molecule has 0 atom stereocenters. The maximum Gasteiger partial charge on any atom is 0.339 e. The van der Waals surface area contributed by atoms with E-state index in [1.54, 1.807) is 24.8 Å². The van der Waals surface area contributed by atoms with Gasteiger partial charge in [-0.1, -0.05) is 0 Å². The van der Waals surface area contributed by atoms with E-state index < -0.39 is 5.97 Å². The number of carboxylic acid groups (broad SMARTS) is 1. The van der Waals surface area contributed by atoms with Crippen LogP contribution >= 0.6 is 11.8 Å². The van der Waals surface area contributed by atoms with Crippen molar-refractivity contribution in [2.75, 3.05) is 12.8 Å². The molecular weight excluding hydrogens is 238 g/mol. The largest absolute Gasteiger partial charge is 0.478 e. The van der Waals surface area contributed by atoms with Gasteiger partial charge in [-0.3, -0.25) is 0 Å². The minimum absolute atomic E-state index is 0.164. The van der Waals surface area contributed by atoms with Crippen molar-refractivity contribution in [2.45, 2.75) is 32.1 Å². The van der Waals surface area contributed by atoms with Gasteiger partial charge in [-0.05, 0) is 33.1 Å². The molecule has 0 radical (unpaired) electrons. The fourth-order valence-corrected chi connectivity index (χ4v) is 1.65. The molecule has 1 aromatic heterocycles. The van der Waals surface area contributed by atoms with Crippen LogP contribution in [0.1, 0.15) is 35.7 Å². The molecule has 0 unspecified atom stereocenters. The Balaban J connectivity index is 2.53. The molecule has 2 N–H and O–H groups in total. The number of hydrogen-bond acceptors (Lipinski definition) is 4. The third kappa shape index (κ3) is 4.09. The highest BCUT2D eigenvalue weighted by atomic mass is 32.2. The number of thioether (sulfide) groups is 1. The molecule has 0 saturated heterocycles. The lowest BCUT2D eigenvalue weighted by molar-refractivity contribution is 0.0695. The number of furan rings is 1. The predicted octanol–water partition coefficient (Wildman–Crippen LogP) is 2.52. The van der Waals surface area contributed by atoms with E-state index in [2.05, 4.69) is 25.4 Å². The normalized spacial score (nSPS) is 11.8. The molecule has 0 aromatic carbocycles. The van der Waals surface area contributed by atoms with Gasteiger partial charge < -0.3 is 14.8 Å². The van der Waals surface area contributed by atoms with Crippen molar-refractivity contribution in [1.29, 1.82) is 0 Å². The summed E-state index contributed by atoms with van der Waals surface area (Å²) >= 11 is 1.79. The van der Waals surface area contributed by atoms with Crippen molar-refractivity contribution in [2.24, 2.45) is 0 Å². The van der Waals surface area contributed by atoms with E-state index in [9.17, 15) is 4.79 Å². The Morgan fingerprint density at radius 3 is 2.71 bits per heavy atom. The van der Waals surface area contributed by atoms with Gasteiger partial charge in [-0.2, -0.15) is 11.8 Å². The number of hydrogen-bond donors (Lipinski definition) is 2. The Morgan fingerprint density at radius 2 is 2.24 bits per heavy atom. The number of carboxylic acids is 1. The standard InChI is InChI=1S/C12H19NO3S/c1-8-10(11(14)15)5-9(16-8)6-13-7-12(2,3)17-4/h5,13H,6-7H2,1-4H3,(H,14,15). The molecule has 1 aromatic rings. The molecule has 5 heteroatoms. The summed E-state index contributed by atoms with van der Waals surface area (Å²) in [4.78, 5) is 10.8. The van der Waals surface area contributed by atoms with Gasteiger partial charge in [-0.25, -0.2) is 4.79 Å². The van der Waals surface area contributed by atoms with Crippen LogP contribution in [0.25, 0.3) is 0 Å². The first-order valence-electron chi connectivity index (χ1n) is 5.44. The van der Waals surface area contributed by atoms with E-state index in [-0.39, 0.29) is 10.3 Å². The summed E-state index contributed by atoms with van der Waals surface area (Å²) in [7, 11) is 0. The van der Waals surface area contributed by atoms with Crippen LogP contribution < -0.4 is 5.32 Å². The summed E-state index contributed by atoms with van der Waals surface area (Å²) in [5, 5.41) is 12.2. The highest BCUT2D eigenvalue weighted by Crippen LogP contribution is 2.20. The van der Waals surface area contributed by atoms with Crippen molar-refractivity contribution < 1.29 is 14.3 Å². The Hall–Kier alpha value is -0.940. The maximum atomic E-state index is 10.8. The molecule has 1 rings (SSSR count). The van der Waals surface area contributed by atoms with Crippen LogP contribution in [0, 0.1) is 6.92 Å². The van der Waals surface area contributed by atoms with Crippen LogP contribution in [-0.4, -0.2) is 28.6 Å². The molecule has 17 heavy (non-hydrogen) atoms. The van der Waals surface area contributed by atoms with Crippen molar-refractivity contribution in [3.8, 4) is 0 Å². The lowest BCUT2D eigenvalue weighted by Crippen LogP contribution is -2.31. The van der Waals surface area contributed by atoms with Crippen molar-refractivity contribution in [3.05, 3.63) is 23.2 Å². The first-order valence-corrected chi connectivity index (χ1v) is 6.66. The number of nitrogens with one attached hydrogen (secondary N) is 1. The second kappa shape index (κ2) is 5.60. The minimum atomic E-state index is -0.943. The molecule has 4 nitrogen and oxygen atoms in total. The van der Waals surface area contributed by atoms with Gasteiger partial charge in [0.05, 0.1) is 6.54 Å². The number of aromatic carboxylic acids is 1. The molecule has 0 aliphatic rings. The quantitative estimate of drug-likeness (QED) is 0.820. The van der Waals surface area contributed by atoms with E-state index in [0.717, 1.165) is 6.54 Å². The average Bonchev–Trinajstić information content (AvgIpc) is 2.59. The lowest BCUT2D eigenvalue weighted by atomic mass is 10.2. The zero-order chi connectivity index (χ0) is 13.1. The van der Waals surface area contributed by atoms with E-state index >= 15 is 0 Å². The van der Waals surface area contributed by atoms with Gasteiger partial charge in [0.1, 0.15) is 17.1 Å². The highest BCUT2D eigenvalue weighted by molar-refractivity contribution is 7.99. The highest BCUT2D eigenvalue weighted by Gasteiger charge is 2.17. The summed E-state index contributed by atoms with van der Waals surface area (Å²) in [6.07, 6.45) is 2.07. The molecule has 0 fully saturated rings. The average molecular weight is 257 g/mol. The lowest BCUT2D eigenvalue weighted by Gasteiger charge is -2.21. The van der Waals surface area contributed by atoms with Crippen molar-refractivity contribution in [3.63, 3.8) is 0 Å². The molecule has 1 heterocycles. The Bertz CT molecular complexity index is 398. The first kappa shape index (κ1) is 14.1. The van der Waals surface area contributed by atoms with Crippen LogP contribution in [-0.2, 0) is 6.54 Å². The van der Waals surface area contributed by atoms with Crippen LogP contribution in [0.2, 0.25) is 0 Å². The zero-order valence-corrected chi connectivity index (χ0v) is 11.5. The van der Waals surface area contributed by atoms with Gasteiger partial charge in [0, 0.05) is 11.3 Å². The minimum Gasteiger partial charge on any atom is -0.478 e. The Morgan fingerprint density at radius 1 is 1.59 bits per heavy atom. The first-order chi connectivity index (χ1) is 7.85. The van der Waals surface area contributed by atoms with Gasteiger partial charge in [0.15, 0.2) is 0 Å². The fraction of sp³-hybridized carbons (Fsp3) is 0.583. The van der Waals surface area contributed by atoms with Gasteiger partial charge in [0.25, 0.3) is 0 Å². The molecule has 0 bridgehead atoms. The van der Waals surface area contributed by atoms with Crippen LogP contribution in [0.15, 0.2) is 10.5 Å². The van der Waals surface area contributed by atoms with E-state index in [0.29, 0.717) is 18.1 Å². The number of carbonyl (C=O) groups is 1. The molecule has 0 saturated carbocycles. The molecule has 0 aliphatic carbocycles. The van der Waals surface area contributed by atoms with Crippen LogP contribution in [0.3, 0.4) is 0 Å². The van der Waals surface area contributed by atoms with Crippen LogP contribution in [0.5, 0.6) is 0 Å². The van der Waals surface area contributed by atoms with E-state index in [4.69, 9.17) is 9.52 Å². The third-order valence-corrected chi connectivity index (χ3v) is 3.85. The molecule has 0 aliphatic heterocycles. The summed E-state index contributed by atoms with van der Waals surface area (Å²) < 4.78 is 5.54. The second-order valence-electron chi connectivity index (χ2n) is 4.56. The summed E-state index contributed by atoms with van der Waals surface area (Å²) in [6.45, 7) is 7.37. The molecule has 0 spiro atoms. The fourth-order valence-electron chi connectivity index (χ4n) is 1.40. The SMILES string of the molecule is CSC(C)(C)CNCc1cc(C(=O)O)c(C)o1. The van der Waals surface area contributed by atoms with Crippen LogP contribution in [0.4, 0.5) is 0 Å². The third-order valence-electron chi connectivity index (χ3n) is 2.60. The smallest absolute Gasteiger partial charge is 0.339 e. The summed E-state index contributed by atoms with van der Waals surface area (Å²) in [5.74, 6) is 0.178. The molecule has 96 valence electrons. The molecular formula is C12H19NO3S. The topological polar surface area (TPSA) is 62.5 Å². The summed E-state index contributed by atoms with van der Waals surface area (Å²) in [6, 6.07) is 1.58. The maximum absolute atomic E-state index is 10.8. The Labute approximate surface area is 106 Å². The van der Waals surface area contributed by atoms with Crippen molar-refractivity contribution >= 4 is 17.7 Å². The van der Waals surface area contributed by atoms with Gasteiger partial charge in [-0.15, -0.1) is 0 Å². The number of aryl methyl sites for hydroxylation is 1. The van der Waals surface area contributed by atoms with Gasteiger partial charge in [0.2, 0.25) is 0 Å². The second-order valence-corrected chi connectivity index (χ2v) is 6.07. The van der Waals surface area contributed by atoms with Gasteiger partial charge >= 0.3 is 5.97 Å². The number of rotatable bonds is 6. The monoisotopic (exact) mass is 257 g/mol. The zero-order valence-electron chi connectivity index (χ0n) is 10.7. The predicted molar refractivity (Wildman–Crippen MR) is 69.7 cm³/mol. The Kier molecular flexibility index (Phi) is 4.65. The van der Waals surface area contributed by atoms with E-state index in [1.807, 2.05) is 0 Å². The molecule has 0 amide bonds. The van der Waals surface area contributed by atoms with Crippen molar-refractivity contribution in [1.82, 2.24) is 5.32 Å². The van der Waals surface area contributed by atoms with E-state index in [1.165, 1.54) is 0 Å². The summed E-state index contributed by atoms with van der Waals surface area (Å²) in [5.41, 5.74) is 0.242.